The molecule has 4 nitrogen and oxygen atoms in total. The lowest BCUT2D eigenvalue weighted by Crippen LogP contribution is -2.27. The molecule has 0 aliphatic carbocycles. The molecular weight excluding hydrogens is 200 g/mol. The summed E-state index contributed by atoms with van der Waals surface area (Å²) in [4.78, 5) is 0. The molecule has 1 atom stereocenters. The Morgan fingerprint density at radius 1 is 1.36 bits per heavy atom. The minimum atomic E-state index is -3.48. The lowest BCUT2D eigenvalue weighted by atomic mass is 10.0. The van der Waals surface area contributed by atoms with Crippen LogP contribution in [0, 0.1) is 0 Å². The molecule has 0 aromatic heterocycles. The number of nitrogens with two attached hydrogens (primary N) is 1. The third-order valence-corrected chi connectivity index (χ3v) is 3.71. The van der Waals surface area contributed by atoms with Gasteiger partial charge in [0, 0.05) is 12.2 Å². The van der Waals surface area contributed by atoms with Crippen molar-refractivity contribution in [3.63, 3.8) is 0 Å². The van der Waals surface area contributed by atoms with Crippen molar-refractivity contribution in [2.75, 3.05) is 11.9 Å². The van der Waals surface area contributed by atoms with E-state index in [4.69, 9.17) is 5.14 Å². The second-order valence-electron chi connectivity index (χ2n) is 3.38. The van der Waals surface area contributed by atoms with E-state index in [2.05, 4.69) is 5.32 Å². The minimum Gasteiger partial charge on any atom is -0.385 e. The fourth-order valence-electron chi connectivity index (χ4n) is 1.77. The molecule has 2 rings (SSSR count). The van der Waals surface area contributed by atoms with Crippen LogP contribution in [0.15, 0.2) is 24.3 Å². The molecule has 0 radical (unpaired) electrons. The maximum atomic E-state index is 11.3. The third kappa shape index (κ3) is 1.60. The van der Waals surface area contributed by atoms with Gasteiger partial charge in [0.25, 0.3) is 0 Å². The average Bonchev–Trinajstić information content (AvgIpc) is 2.15. The molecular formula is C9H12N2O2S. The highest BCUT2D eigenvalue weighted by Gasteiger charge is 2.28. The molecule has 1 aromatic carbocycles. The molecule has 1 unspecified atom stereocenters. The number of fused-ring (bicyclic) bond motifs is 1. The van der Waals surface area contributed by atoms with Gasteiger partial charge >= 0.3 is 0 Å². The normalized spacial score (nSPS) is 21.1. The van der Waals surface area contributed by atoms with Crippen molar-refractivity contribution in [1.82, 2.24) is 0 Å². The molecule has 3 N–H and O–H groups in total. The van der Waals surface area contributed by atoms with Crippen LogP contribution in [0.5, 0.6) is 0 Å². The zero-order chi connectivity index (χ0) is 10.2. The van der Waals surface area contributed by atoms with Gasteiger partial charge in [0.1, 0.15) is 5.25 Å². The first-order valence-corrected chi connectivity index (χ1v) is 6.04. The van der Waals surface area contributed by atoms with Gasteiger partial charge in [-0.05, 0) is 18.1 Å². The Bertz CT molecular complexity index is 442. The number of anilines is 1. The van der Waals surface area contributed by atoms with E-state index in [9.17, 15) is 8.42 Å². The van der Waals surface area contributed by atoms with E-state index in [0.29, 0.717) is 13.0 Å². The number of sulfonamides is 1. The fraction of sp³-hybridized carbons (Fsp3) is 0.333. The smallest absolute Gasteiger partial charge is 0.216 e. The number of primary sulfonamides is 1. The van der Waals surface area contributed by atoms with Crippen LogP contribution in [-0.4, -0.2) is 15.0 Å². The lowest BCUT2D eigenvalue weighted by molar-refractivity contribution is 0.577. The van der Waals surface area contributed by atoms with Gasteiger partial charge in [-0.1, -0.05) is 18.2 Å². The average molecular weight is 212 g/mol. The van der Waals surface area contributed by atoms with Crippen LogP contribution in [0.3, 0.4) is 0 Å². The Labute approximate surface area is 83.2 Å². The van der Waals surface area contributed by atoms with Gasteiger partial charge in [-0.2, -0.15) is 0 Å². The Morgan fingerprint density at radius 3 is 2.79 bits per heavy atom. The van der Waals surface area contributed by atoms with E-state index in [1.165, 1.54) is 0 Å². The molecule has 0 saturated carbocycles. The van der Waals surface area contributed by atoms with E-state index < -0.39 is 15.3 Å². The number of nitrogens with one attached hydrogen (secondary N) is 1. The standard InChI is InChI=1S/C9H12N2O2S/c10-14(12,13)9-5-6-11-8-4-2-1-3-7(8)9/h1-4,9,11H,5-6H2,(H2,10,12,13). The molecule has 76 valence electrons. The van der Waals surface area contributed by atoms with E-state index in [0.717, 1.165) is 11.3 Å². The Balaban J connectivity index is 2.51. The van der Waals surface area contributed by atoms with Crippen LogP contribution in [0.4, 0.5) is 5.69 Å². The van der Waals surface area contributed by atoms with Gasteiger partial charge in [0.05, 0.1) is 0 Å². The predicted octanol–water partition coefficient (Wildman–Crippen LogP) is 0.832. The Hall–Kier alpha value is -1.07. The number of hydrogen-bond acceptors (Lipinski definition) is 3. The summed E-state index contributed by atoms with van der Waals surface area (Å²) >= 11 is 0. The fourth-order valence-corrected chi connectivity index (χ4v) is 2.78. The summed E-state index contributed by atoms with van der Waals surface area (Å²) in [6.45, 7) is 0.651. The van der Waals surface area contributed by atoms with Gasteiger partial charge in [-0.15, -0.1) is 0 Å². The summed E-state index contributed by atoms with van der Waals surface area (Å²) in [5.41, 5.74) is 1.65. The molecule has 0 amide bonds. The van der Waals surface area contributed by atoms with Gasteiger partial charge in [0.15, 0.2) is 0 Å². The Kier molecular flexibility index (Phi) is 2.20. The molecule has 5 heteroatoms. The number of hydrogen-bond donors (Lipinski definition) is 2. The van der Waals surface area contributed by atoms with Crippen molar-refractivity contribution in [3.8, 4) is 0 Å². The SMILES string of the molecule is NS(=O)(=O)C1CCNc2ccccc21. The van der Waals surface area contributed by atoms with Gasteiger partial charge in [0.2, 0.25) is 10.0 Å². The number of rotatable bonds is 1. The third-order valence-electron chi connectivity index (χ3n) is 2.43. The van der Waals surface area contributed by atoms with Gasteiger partial charge in [-0.25, -0.2) is 13.6 Å². The van der Waals surface area contributed by atoms with Crippen LogP contribution in [-0.2, 0) is 10.0 Å². The van der Waals surface area contributed by atoms with E-state index in [1.54, 1.807) is 6.07 Å². The Morgan fingerprint density at radius 2 is 2.07 bits per heavy atom. The van der Waals surface area contributed by atoms with Crippen LogP contribution < -0.4 is 10.5 Å². The largest absolute Gasteiger partial charge is 0.385 e. The highest BCUT2D eigenvalue weighted by molar-refractivity contribution is 7.89. The van der Waals surface area contributed by atoms with Crippen molar-refractivity contribution in [3.05, 3.63) is 29.8 Å². The minimum absolute atomic E-state index is 0.538. The number of benzene rings is 1. The van der Waals surface area contributed by atoms with Gasteiger partial charge in [-0.3, -0.25) is 0 Å². The van der Waals surface area contributed by atoms with Crippen molar-refractivity contribution in [2.24, 2.45) is 5.14 Å². The molecule has 0 bridgehead atoms. The second-order valence-corrected chi connectivity index (χ2v) is 5.13. The maximum absolute atomic E-state index is 11.3. The molecule has 0 saturated heterocycles. The topological polar surface area (TPSA) is 72.2 Å². The van der Waals surface area contributed by atoms with Crippen LogP contribution in [0.25, 0.3) is 0 Å². The molecule has 0 fully saturated rings. The van der Waals surface area contributed by atoms with Gasteiger partial charge < -0.3 is 5.32 Å². The highest BCUT2D eigenvalue weighted by atomic mass is 32.2. The first-order chi connectivity index (χ1) is 6.59. The first kappa shape index (κ1) is 9.48. The summed E-state index contributed by atoms with van der Waals surface area (Å²) in [5, 5.41) is 7.76. The molecule has 1 heterocycles. The quantitative estimate of drug-likeness (QED) is 0.724. The van der Waals surface area contributed by atoms with E-state index in [-0.39, 0.29) is 0 Å². The van der Waals surface area contributed by atoms with Crippen molar-refractivity contribution < 1.29 is 8.42 Å². The summed E-state index contributed by atoms with van der Waals surface area (Å²) in [5.74, 6) is 0. The van der Waals surface area contributed by atoms with Crippen molar-refractivity contribution in [1.29, 1.82) is 0 Å². The van der Waals surface area contributed by atoms with Crippen molar-refractivity contribution >= 4 is 15.7 Å². The summed E-state index contributed by atoms with van der Waals surface area (Å²) < 4.78 is 22.6. The van der Waals surface area contributed by atoms with Crippen LogP contribution in [0.2, 0.25) is 0 Å². The van der Waals surface area contributed by atoms with E-state index in [1.807, 2.05) is 18.2 Å². The highest BCUT2D eigenvalue weighted by Crippen LogP contribution is 2.33. The number of para-hydroxylation sites is 1. The first-order valence-electron chi connectivity index (χ1n) is 4.43. The molecule has 1 aliphatic heterocycles. The monoisotopic (exact) mass is 212 g/mol. The lowest BCUT2D eigenvalue weighted by Gasteiger charge is -2.24. The molecule has 1 aliphatic rings. The second kappa shape index (κ2) is 3.25. The molecule has 1 aromatic rings. The zero-order valence-electron chi connectivity index (χ0n) is 7.60. The van der Waals surface area contributed by atoms with E-state index >= 15 is 0 Å². The zero-order valence-corrected chi connectivity index (χ0v) is 8.42. The predicted molar refractivity (Wildman–Crippen MR) is 55.4 cm³/mol. The summed E-state index contributed by atoms with van der Waals surface area (Å²) in [6, 6.07) is 7.37. The molecule has 14 heavy (non-hydrogen) atoms. The summed E-state index contributed by atoms with van der Waals surface area (Å²) in [6.07, 6.45) is 0.538. The van der Waals surface area contributed by atoms with Crippen LogP contribution in [0.1, 0.15) is 17.2 Å². The maximum Gasteiger partial charge on any atom is 0.216 e. The molecule has 0 spiro atoms. The van der Waals surface area contributed by atoms with Crippen LogP contribution >= 0.6 is 0 Å². The van der Waals surface area contributed by atoms with Crippen molar-refractivity contribution in [2.45, 2.75) is 11.7 Å². The summed E-state index contributed by atoms with van der Waals surface area (Å²) in [7, 11) is -3.48.